The van der Waals surface area contributed by atoms with Crippen molar-refractivity contribution in [3.63, 3.8) is 0 Å². The summed E-state index contributed by atoms with van der Waals surface area (Å²) in [5, 5.41) is 6.99. The van der Waals surface area contributed by atoms with Gasteiger partial charge in [-0.15, -0.1) is 0 Å². The van der Waals surface area contributed by atoms with E-state index in [0.717, 1.165) is 56.6 Å². The summed E-state index contributed by atoms with van der Waals surface area (Å²) in [7, 11) is 5.58. The minimum absolute atomic E-state index is 0.207. The van der Waals surface area contributed by atoms with Crippen LogP contribution in [0.5, 0.6) is 11.5 Å². The van der Waals surface area contributed by atoms with Crippen molar-refractivity contribution in [2.75, 3.05) is 67.1 Å². The Balaban J connectivity index is 1.62. The lowest BCUT2D eigenvalue weighted by Gasteiger charge is -2.49. The number of hydrogen-bond donors (Lipinski definition) is 2. The van der Waals surface area contributed by atoms with Gasteiger partial charge >= 0.3 is 0 Å². The second kappa shape index (κ2) is 12.3. The predicted molar refractivity (Wildman–Crippen MR) is 132 cm³/mol. The van der Waals surface area contributed by atoms with Gasteiger partial charge in [0.05, 0.1) is 20.8 Å². The average Bonchev–Trinajstić information content (AvgIpc) is 2.84. The molecule has 2 heterocycles. The van der Waals surface area contributed by atoms with Gasteiger partial charge in [-0.25, -0.2) is 0 Å². The molecule has 7 nitrogen and oxygen atoms in total. The Kier molecular flexibility index (Phi) is 9.48. The second-order valence-electron chi connectivity index (χ2n) is 9.14. The van der Waals surface area contributed by atoms with Crippen molar-refractivity contribution in [1.29, 1.82) is 0 Å². The molecule has 0 bridgehead atoms. The zero-order valence-corrected chi connectivity index (χ0v) is 20.6. The van der Waals surface area contributed by atoms with Crippen molar-refractivity contribution in [2.24, 2.45) is 4.99 Å². The molecular formula is C25H43N5O2. The molecule has 0 aliphatic carbocycles. The van der Waals surface area contributed by atoms with E-state index in [2.05, 4.69) is 46.5 Å². The summed E-state index contributed by atoms with van der Waals surface area (Å²) in [6.07, 6.45) is 7.33. The topological polar surface area (TPSA) is 61.4 Å². The number of methoxy groups -OCH3 is 2. The van der Waals surface area contributed by atoms with Crippen LogP contribution in [-0.4, -0.2) is 88.4 Å². The Morgan fingerprint density at radius 1 is 1.00 bits per heavy atom. The molecule has 180 valence electrons. The highest BCUT2D eigenvalue weighted by atomic mass is 16.5. The van der Waals surface area contributed by atoms with Gasteiger partial charge in [0.15, 0.2) is 17.5 Å². The Morgan fingerprint density at radius 3 is 2.38 bits per heavy atom. The fraction of sp³-hybridized carbons (Fsp3) is 0.720. The van der Waals surface area contributed by atoms with E-state index in [1.807, 2.05) is 6.07 Å². The van der Waals surface area contributed by atoms with Crippen LogP contribution in [0.4, 0.5) is 0 Å². The normalized spacial score (nSPS) is 20.1. The average molecular weight is 446 g/mol. The number of hydrogen-bond acceptors (Lipinski definition) is 5. The van der Waals surface area contributed by atoms with Crippen LogP contribution in [0.2, 0.25) is 0 Å². The third-order valence-corrected chi connectivity index (χ3v) is 6.97. The fourth-order valence-electron chi connectivity index (χ4n) is 4.91. The lowest BCUT2D eigenvalue weighted by atomic mass is 9.84. The van der Waals surface area contributed by atoms with Gasteiger partial charge in [-0.2, -0.15) is 0 Å². The first kappa shape index (κ1) is 24.6. The van der Waals surface area contributed by atoms with E-state index in [4.69, 9.17) is 14.5 Å². The standard InChI is InChI=1S/C25H43N5O2/c1-5-26-24(27-14-11-21-9-10-22(31-3)23(19-21)32-4)28-20-25(12-17-29(2)18-13-25)30-15-7-6-8-16-30/h9-10,19H,5-8,11-18,20H2,1-4H3,(H2,26,27,28). The molecule has 0 spiro atoms. The monoisotopic (exact) mass is 445 g/mol. The Labute approximate surface area is 194 Å². The van der Waals surface area contributed by atoms with Crippen LogP contribution in [0.1, 0.15) is 44.6 Å². The first-order valence-electron chi connectivity index (χ1n) is 12.3. The number of rotatable bonds is 9. The molecule has 2 N–H and O–H groups in total. The van der Waals surface area contributed by atoms with Crippen molar-refractivity contribution < 1.29 is 9.47 Å². The minimum atomic E-state index is 0.207. The number of benzene rings is 1. The van der Waals surface area contributed by atoms with Crippen molar-refractivity contribution in [3.8, 4) is 11.5 Å². The van der Waals surface area contributed by atoms with Gasteiger partial charge in [-0.3, -0.25) is 9.89 Å². The summed E-state index contributed by atoms with van der Waals surface area (Å²) in [5.41, 5.74) is 1.42. The number of aliphatic imine (C=N–C) groups is 1. The predicted octanol–water partition coefficient (Wildman–Crippen LogP) is 2.75. The molecule has 0 aromatic heterocycles. The summed E-state index contributed by atoms with van der Waals surface area (Å²) in [5.74, 6) is 2.46. The molecule has 7 heteroatoms. The minimum Gasteiger partial charge on any atom is -0.493 e. The lowest BCUT2D eigenvalue weighted by molar-refractivity contribution is 0.0208. The van der Waals surface area contributed by atoms with Gasteiger partial charge in [0, 0.05) is 18.6 Å². The molecule has 0 atom stereocenters. The maximum absolute atomic E-state index is 5.44. The van der Waals surface area contributed by atoms with E-state index in [-0.39, 0.29) is 5.54 Å². The van der Waals surface area contributed by atoms with Crippen molar-refractivity contribution in [1.82, 2.24) is 20.4 Å². The van der Waals surface area contributed by atoms with E-state index in [9.17, 15) is 0 Å². The zero-order valence-electron chi connectivity index (χ0n) is 20.6. The first-order valence-corrected chi connectivity index (χ1v) is 12.3. The molecule has 0 amide bonds. The maximum atomic E-state index is 5.44. The third kappa shape index (κ3) is 6.51. The van der Waals surface area contributed by atoms with Crippen LogP contribution < -0.4 is 20.1 Å². The van der Waals surface area contributed by atoms with E-state index in [0.29, 0.717) is 0 Å². The molecule has 2 fully saturated rings. The smallest absolute Gasteiger partial charge is 0.191 e. The molecule has 1 aromatic rings. The Bertz CT molecular complexity index is 725. The number of guanidine groups is 1. The highest BCUT2D eigenvalue weighted by molar-refractivity contribution is 5.79. The number of nitrogens with one attached hydrogen (secondary N) is 2. The summed E-state index contributed by atoms with van der Waals surface area (Å²) in [4.78, 5) is 10.3. The Morgan fingerprint density at radius 2 is 1.72 bits per heavy atom. The number of nitrogens with zero attached hydrogens (tertiary/aromatic N) is 3. The van der Waals surface area contributed by atoms with Crippen molar-refractivity contribution in [2.45, 2.75) is 51.0 Å². The fourth-order valence-corrected chi connectivity index (χ4v) is 4.91. The van der Waals surface area contributed by atoms with E-state index in [1.165, 1.54) is 50.8 Å². The highest BCUT2D eigenvalue weighted by Crippen LogP contribution is 2.32. The van der Waals surface area contributed by atoms with E-state index >= 15 is 0 Å². The van der Waals surface area contributed by atoms with Crippen LogP contribution in [0.15, 0.2) is 23.2 Å². The van der Waals surface area contributed by atoms with Gasteiger partial charge in [0.25, 0.3) is 0 Å². The second-order valence-corrected chi connectivity index (χ2v) is 9.14. The maximum Gasteiger partial charge on any atom is 0.191 e. The summed E-state index contributed by atoms with van der Waals surface area (Å²) in [6, 6.07) is 6.11. The first-order chi connectivity index (χ1) is 15.6. The molecule has 2 aliphatic heterocycles. The van der Waals surface area contributed by atoms with E-state index < -0.39 is 0 Å². The van der Waals surface area contributed by atoms with Crippen LogP contribution in [0.3, 0.4) is 0 Å². The van der Waals surface area contributed by atoms with E-state index in [1.54, 1.807) is 14.2 Å². The molecule has 0 unspecified atom stereocenters. The summed E-state index contributed by atoms with van der Waals surface area (Å²) < 4.78 is 10.8. The van der Waals surface area contributed by atoms with Gasteiger partial charge in [-0.05, 0) is 90.0 Å². The van der Waals surface area contributed by atoms with Crippen molar-refractivity contribution >= 4 is 5.96 Å². The Hall–Kier alpha value is -1.99. The molecule has 3 rings (SSSR count). The lowest BCUT2D eigenvalue weighted by Crippen LogP contribution is -2.58. The molecule has 32 heavy (non-hydrogen) atoms. The van der Waals surface area contributed by atoms with Crippen LogP contribution >= 0.6 is 0 Å². The zero-order chi connectivity index (χ0) is 22.8. The van der Waals surface area contributed by atoms with Gasteiger partial charge in [0.1, 0.15) is 0 Å². The molecule has 0 saturated carbocycles. The summed E-state index contributed by atoms with van der Waals surface area (Å²) >= 11 is 0. The van der Waals surface area contributed by atoms with Gasteiger partial charge in [0.2, 0.25) is 0 Å². The van der Waals surface area contributed by atoms with Crippen LogP contribution in [0.25, 0.3) is 0 Å². The largest absolute Gasteiger partial charge is 0.493 e. The molecule has 0 radical (unpaired) electrons. The van der Waals surface area contributed by atoms with Crippen LogP contribution in [-0.2, 0) is 6.42 Å². The van der Waals surface area contributed by atoms with Crippen LogP contribution in [0, 0.1) is 0 Å². The summed E-state index contributed by atoms with van der Waals surface area (Å²) in [6.45, 7) is 9.45. The third-order valence-electron chi connectivity index (χ3n) is 6.97. The number of ether oxygens (including phenoxy) is 2. The van der Waals surface area contributed by atoms with Gasteiger partial charge in [-0.1, -0.05) is 12.5 Å². The van der Waals surface area contributed by atoms with Crippen molar-refractivity contribution in [3.05, 3.63) is 23.8 Å². The number of likely N-dealkylation sites (tertiary alicyclic amines) is 2. The molecular weight excluding hydrogens is 402 g/mol. The molecule has 2 saturated heterocycles. The quantitative estimate of drug-likeness (QED) is 0.450. The van der Waals surface area contributed by atoms with Gasteiger partial charge < -0.3 is 25.0 Å². The SMILES string of the molecule is CCNC(=NCC1(N2CCCCC2)CCN(C)CC1)NCCc1ccc(OC)c(OC)c1. The molecule has 1 aromatic carbocycles. The molecule has 2 aliphatic rings. The highest BCUT2D eigenvalue weighted by Gasteiger charge is 2.39. The number of piperidine rings is 2.